The van der Waals surface area contributed by atoms with Crippen molar-refractivity contribution in [3.05, 3.63) is 46.9 Å². The summed E-state index contributed by atoms with van der Waals surface area (Å²) in [5.41, 5.74) is 3.36. The molecule has 2 aliphatic rings. The van der Waals surface area contributed by atoms with Crippen LogP contribution in [0.4, 0.5) is 4.79 Å². The maximum absolute atomic E-state index is 12.0. The van der Waals surface area contributed by atoms with Crippen LogP contribution in [-0.4, -0.2) is 19.2 Å². The highest BCUT2D eigenvalue weighted by molar-refractivity contribution is 5.74. The Balaban J connectivity index is 1.44. The van der Waals surface area contributed by atoms with E-state index in [1.165, 1.54) is 5.56 Å². The van der Waals surface area contributed by atoms with E-state index in [0.29, 0.717) is 26.3 Å². The molecule has 1 aromatic heterocycles. The van der Waals surface area contributed by atoms with E-state index in [4.69, 9.17) is 13.9 Å². The molecule has 0 fully saturated rings. The molecule has 0 unspecified atom stereocenters. The van der Waals surface area contributed by atoms with Crippen LogP contribution >= 0.6 is 0 Å². The summed E-state index contributed by atoms with van der Waals surface area (Å²) in [7, 11) is 0. The molecule has 0 atom stereocenters. The van der Waals surface area contributed by atoms with Crippen molar-refractivity contribution in [2.75, 3.05) is 13.2 Å². The molecule has 0 saturated carbocycles. The Morgan fingerprint density at radius 3 is 2.87 bits per heavy atom. The number of carbonyl (C=O) groups is 1. The number of rotatable bonds is 4. The highest BCUT2D eigenvalue weighted by Gasteiger charge is 2.26. The summed E-state index contributed by atoms with van der Waals surface area (Å²) < 4.78 is 16.6. The van der Waals surface area contributed by atoms with Gasteiger partial charge in [-0.25, -0.2) is 4.79 Å². The Morgan fingerprint density at radius 2 is 2.00 bits per heavy atom. The first-order valence-electron chi connectivity index (χ1n) is 7.78. The topological polar surface area (TPSA) is 72.7 Å². The maximum Gasteiger partial charge on any atom is 0.315 e. The molecule has 23 heavy (non-hydrogen) atoms. The quantitative estimate of drug-likeness (QED) is 0.907. The first-order valence-corrected chi connectivity index (χ1v) is 7.78. The number of hydrogen-bond donors (Lipinski definition) is 2. The Kier molecular flexibility index (Phi) is 3.57. The molecule has 6 nitrogen and oxygen atoms in total. The molecular weight excluding hydrogens is 296 g/mol. The van der Waals surface area contributed by atoms with E-state index < -0.39 is 0 Å². The van der Waals surface area contributed by atoms with Gasteiger partial charge in [-0.1, -0.05) is 0 Å². The van der Waals surface area contributed by atoms with E-state index in [9.17, 15) is 4.79 Å². The lowest BCUT2D eigenvalue weighted by Crippen LogP contribution is -2.34. The van der Waals surface area contributed by atoms with Crippen molar-refractivity contribution >= 4 is 6.03 Å². The molecule has 0 bridgehead atoms. The fourth-order valence-electron chi connectivity index (χ4n) is 3.08. The summed E-state index contributed by atoms with van der Waals surface area (Å²) in [6.45, 7) is 2.17. The molecule has 0 saturated heterocycles. The highest BCUT2D eigenvalue weighted by atomic mass is 16.5. The van der Waals surface area contributed by atoms with Gasteiger partial charge in [0, 0.05) is 36.1 Å². The van der Waals surface area contributed by atoms with Crippen molar-refractivity contribution in [2.24, 2.45) is 0 Å². The van der Waals surface area contributed by atoms with Crippen molar-refractivity contribution in [1.29, 1.82) is 0 Å². The van der Waals surface area contributed by atoms with Gasteiger partial charge in [0.15, 0.2) is 0 Å². The van der Waals surface area contributed by atoms with E-state index in [1.54, 1.807) is 12.3 Å². The Morgan fingerprint density at radius 1 is 1.13 bits per heavy atom. The Labute approximate surface area is 133 Å². The van der Waals surface area contributed by atoms with E-state index >= 15 is 0 Å². The molecule has 4 rings (SSSR count). The van der Waals surface area contributed by atoms with Gasteiger partial charge < -0.3 is 24.5 Å². The van der Waals surface area contributed by atoms with Crippen LogP contribution in [0.1, 0.15) is 22.5 Å². The number of benzene rings is 1. The number of hydrogen-bond acceptors (Lipinski definition) is 4. The van der Waals surface area contributed by atoms with Gasteiger partial charge in [-0.15, -0.1) is 0 Å². The molecule has 6 heteroatoms. The molecule has 0 radical (unpaired) electrons. The Hall–Kier alpha value is -2.63. The van der Waals surface area contributed by atoms with Gasteiger partial charge in [0.05, 0.1) is 26.0 Å². The molecule has 0 aliphatic carbocycles. The van der Waals surface area contributed by atoms with Gasteiger partial charge in [-0.3, -0.25) is 0 Å². The lowest BCUT2D eigenvalue weighted by atomic mass is 9.99. The predicted molar refractivity (Wildman–Crippen MR) is 82.6 cm³/mol. The fraction of sp³-hybridized carbons (Fsp3) is 0.353. The summed E-state index contributed by atoms with van der Waals surface area (Å²) in [6, 6.07) is 5.46. The normalized spacial score (nSPS) is 14.6. The molecule has 2 N–H and O–H groups in total. The van der Waals surface area contributed by atoms with Crippen LogP contribution in [0.5, 0.6) is 11.5 Å². The van der Waals surface area contributed by atoms with Gasteiger partial charge in [0.1, 0.15) is 17.3 Å². The summed E-state index contributed by atoms with van der Waals surface area (Å²) in [6.07, 6.45) is 3.34. The smallest absolute Gasteiger partial charge is 0.315 e. The zero-order chi connectivity index (χ0) is 15.6. The first-order chi connectivity index (χ1) is 11.3. The third-order valence-corrected chi connectivity index (χ3v) is 4.19. The summed E-state index contributed by atoms with van der Waals surface area (Å²) in [5, 5.41) is 5.67. The lowest BCUT2D eigenvalue weighted by Gasteiger charge is -2.14. The number of ether oxygens (including phenoxy) is 2. The number of amides is 2. The summed E-state index contributed by atoms with van der Waals surface area (Å²) >= 11 is 0. The lowest BCUT2D eigenvalue weighted by molar-refractivity contribution is 0.239. The molecule has 1 aromatic carbocycles. The number of carbonyl (C=O) groups excluding carboxylic acids is 1. The Bertz CT molecular complexity index is 692. The number of furan rings is 1. The second-order valence-electron chi connectivity index (χ2n) is 5.63. The third-order valence-electron chi connectivity index (χ3n) is 4.19. The number of urea groups is 1. The average Bonchev–Trinajstić information content (AvgIpc) is 3.29. The van der Waals surface area contributed by atoms with Gasteiger partial charge in [0.2, 0.25) is 0 Å². The van der Waals surface area contributed by atoms with E-state index in [1.807, 2.05) is 6.07 Å². The monoisotopic (exact) mass is 314 g/mol. The first kappa shape index (κ1) is 14.0. The summed E-state index contributed by atoms with van der Waals surface area (Å²) in [4.78, 5) is 12.0. The van der Waals surface area contributed by atoms with Gasteiger partial charge in [0.25, 0.3) is 0 Å². The fourth-order valence-corrected chi connectivity index (χ4v) is 3.08. The minimum absolute atomic E-state index is 0.232. The SMILES string of the molecule is O=C(NCc1ccco1)NCc1c2c(cc3c1OCC3)OCC2. The van der Waals surface area contributed by atoms with E-state index in [-0.39, 0.29) is 6.03 Å². The second kappa shape index (κ2) is 5.87. The van der Waals surface area contributed by atoms with Gasteiger partial charge >= 0.3 is 6.03 Å². The minimum Gasteiger partial charge on any atom is -0.493 e. The molecule has 2 aromatic rings. The zero-order valence-corrected chi connectivity index (χ0v) is 12.7. The summed E-state index contributed by atoms with van der Waals surface area (Å²) in [5.74, 6) is 2.57. The molecular formula is C17H18N2O4. The van der Waals surface area contributed by atoms with Gasteiger partial charge in [-0.2, -0.15) is 0 Å². The predicted octanol–water partition coefficient (Wildman–Crippen LogP) is 2.15. The van der Waals surface area contributed by atoms with E-state index in [2.05, 4.69) is 16.7 Å². The van der Waals surface area contributed by atoms with Crippen molar-refractivity contribution in [3.8, 4) is 11.5 Å². The molecule has 120 valence electrons. The van der Waals surface area contributed by atoms with Crippen LogP contribution in [0, 0.1) is 0 Å². The van der Waals surface area contributed by atoms with Crippen LogP contribution in [0.3, 0.4) is 0 Å². The van der Waals surface area contributed by atoms with Crippen LogP contribution in [-0.2, 0) is 25.9 Å². The minimum atomic E-state index is -0.232. The van der Waals surface area contributed by atoms with Crippen molar-refractivity contribution in [1.82, 2.24) is 10.6 Å². The van der Waals surface area contributed by atoms with Crippen LogP contribution in [0.25, 0.3) is 0 Å². The van der Waals surface area contributed by atoms with E-state index in [0.717, 1.165) is 41.2 Å². The molecule has 3 heterocycles. The number of nitrogens with one attached hydrogen (secondary N) is 2. The molecule has 0 spiro atoms. The standard InChI is InChI=1S/C17H18N2O4/c20-17(18-9-12-2-1-5-21-12)19-10-14-13-4-7-22-15(13)8-11-3-6-23-16(11)14/h1-2,5,8H,3-4,6-7,9-10H2,(H2,18,19,20). The van der Waals surface area contributed by atoms with Crippen molar-refractivity contribution < 1.29 is 18.7 Å². The van der Waals surface area contributed by atoms with Crippen molar-refractivity contribution in [3.63, 3.8) is 0 Å². The van der Waals surface area contributed by atoms with Gasteiger partial charge in [-0.05, 0) is 18.2 Å². The van der Waals surface area contributed by atoms with Crippen LogP contribution in [0.15, 0.2) is 28.9 Å². The van der Waals surface area contributed by atoms with Crippen LogP contribution in [0.2, 0.25) is 0 Å². The van der Waals surface area contributed by atoms with Crippen molar-refractivity contribution in [2.45, 2.75) is 25.9 Å². The van der Waals surface area contributed by atoms with Crippen LogP contribution < -0.4 is 20.1 Å². The molecule has 2 amide bonds. The largest absolute Gasteiger partial charge is 0.493 e. The number of fused-ring (bicyclic) bond motifs is 2. The highest BCUT2D eigenvalue weighted by Crippen LogP contribution is 2.40. The zero-order valence-electron chi connectivity index (χ0n) is 12.7. The average molecular weight is 314 g/mol. The molecule has 2 aliphatic heterocycles. The third kappa shape index (κ3) is 2.72. The second-order valence-corrected chi connectivity index (χ2v) is 5.63. The maximum atomic E-state index is 12.0.